The number of hydrogen-bond donors (Lipinski definition) is 1. The number of nitrogens with zero attached hydrogens (tertiary/aromatic N) is 1. The van der Waals surface area contributed by atoms with Crippen molar-refractivity contribution in [3.63, 3.8) is 0 Å². The van der Waals surface area contributed by atoms with Crippen LogP contribution in [0.1, 0.15) is 23.1 Å². The van der Waals surface area contributed by atoms with Crippen LogP contribution < -0.4 is 14.9 Å². The summed E-state index contributed by atoms with van der Waals surface area (Å²) in [5, 5.41) is 4.25. The van der Waals surface area contributed by atoms with Crippen LogP contribution in [0, 0.1) is 13.8 Å². The number of hydrogen-bond acceptors (Lipinski definition) is 4. The molecule has 0 saturated carbocycles. The summed E-state index contributed by atoms with van der Waals surface area (Å²) in [6.07, 6.45) is 0.662. The summed E-state index contributed by atoms with van der Waals surface area (Å²) in [6.45, 7) is 4.46. The first-order chi connectivity index (χ1) is 11.6. The third-order valence-corrected chi connectivity index (χ3v) is 3.78. The van der Waals surface area contributed by atoms with E-state index in [1.807, 2.05) is 56.3 Å². The molecule has 5 nitrogen and oxygen atoms in total. The zero-order valence-electron chi connectivity index (χ0n) is 13.8. The minimum absolute atomic E-state index is 0.0720. The van der Waals surface area contributed by atoms with E-state index in [-0.39, 0.29) is 12.5 Å². The number of para-hydroxylation sites is 1. The van der Waals surface area contributed by atoms with Crippen LogP contribution in [0.5, 0.6) is 11.5 Å². The number of nitrogens with one attached hydrogen (secondary N) is 1. The normalized spacial score (nSPS) is 14.7. The molecule has 0 radical (unpaired) electrons. The van der Waals surface area contributed by atoms with Gasteiger partial charge in [-0.3, -0.25) is 4.79 Å². The zero-order chi connectivity index (χ0) is 16.9. The third kappa shape index (κ3) is 3.74. The highest BCUT2D eigenvalue weighted by Crippen LogP contribution is 2.28. The smallest absolute Gasteiger partial charge is 0.277 e. The lowest BCUT2D eigenvalue weighted by atomic mass is 10.0. The van der Waals surface area contributed by atoms with E-state index in [0.29, 0.717) is 18.8 Å². The molecule has 24 heavy (non-hydrogen) atoms. The molecule has 0 unspecified atom stereocenters. The van der Waals surface area contributed by atoms with Gasteiger partial charge in [-0.1, -0.05) is 24.3 Å². The predicted octanol–water partition coefficient (Wildman–Crippen LogP) is 2.99. The molecule has 2 aromatic rings. The topological polar surface area (TPSA) is 59.9 Å². The molecular weight excluding hydrogens is 304 g/mol. The second-order valence-electron chi connectivity index (χ2n) is 5.75. The monoisotopic (exact) mass is 324 g/mol. The number of ether oxygens (including phenoxy) is 2. The molecule has 0 fully saturated rings. The number of benzene rings is 2. The van der Waals surface area contributed by atoms with Crippen LogP contribution in [0.15, 0.2) is 47.6 Å². The second kappa shape index (κ2) is 7.17. The van der Waals surface area contributed by atoms with Gasteiger partial charge in [0.25, 0.3) is 5.91 Å². The molecule has 0 spiro atoms. The van der Waals surface area contributed by atoms with E-state index in [0.717, 1.165) is 28.2 Å². The van der Waals surface area contributed by atoms with Gasteiger partial charge in [-0.2, -0.15) is 5.10 Å². The summed E-state index contributed by atoms with van der Waals surface area (Å²) in [5.74, 6) is 1.22. The van der Waals surface area contributed by atoms with Gasteiger partial charge in [-0.15, -0.1) is 0 Å². The van der Waals surface area contributed by atoms with Crippen molar-refractivity contribution in [2.45, 2.75) is 20.3 Å². The maximum Gasteiger partial charge on any atom is 0.277 e. The minimum atomic E-state index is -0.287. The van der Waals surface area contributed by atoms with Crippen LogP contribution in [0.2, 0.25) is 0 Å². The molecule has 0 aromatic heterocycles. The van der Waals surface area contributed by atoms with Gasteiger partial charge in [0, 0.05) is 12.0 Å². The Hall–Kier alpha value is -2.82. The van der Waals surface area contributed by atoms with Crippen molar-refractivity contribution in [2.75, 3.05) is 13.2 Å². The van der Waals surface area contributed by atoms with Crippen molar-refractivity contribution < 1.29 is 14.3 Å². The molecule has 3 rings (SSSR count). The quantitative estimate of drug-likeness (QED) is 0.880. The van der Waals surface area contributed by atoms with Crippen molar-refractivity contribution >= 4 is 11.6 Å². The largest absolute Gasteiger partial charge is 0.492 e. The first-order valence-electron chi connectivity index (χ1n) is 7.91. The minimum Gasteiger partial charge on any atom is -0.492 e. The van der Waals surface area contributed by atoms with Gasteiger partial charge in [0.05, 0.1) is 12.3 Å². The Morgan fingerprint density at radius 1 is 1.25 bits per heavy atom. The van der Waals surface area contributed by atoms with Gasteiger partial charge in [-0.05, 0) is 43.2 Å². The van der Waals surface area contributed by atoms with Gasteiger partial charge < -0.3 is 9.47 Å². The van der Waals surface area contributed by atoms with Crippen LogP contribution in [0.3, 0.4) is 0 Å². The molecule has 1 aliphatic rings. The molecule has 0 bridgehead atoms. The lowest BCUT2D eigenvalue weighted by molar-refractivity contribution is -0.123. The first kappa shape index (κ1) is 16.1. The van der Waals surface area contributed by atoms with Crippen LogP contribution in [0.25, 0.3) is 0 Å². The van der Waals surface area contributed by atoms with Crippen molar-refractivity contribution in [3.05, 3.63) is 59.2 Å². The maximum absolute atomic E-state index is 11.9. The molecule has 1 N–H and O–H groups in total. The molecule has 1 amide bonds. The fourth-order valence-corrected chi connectivity index (χ4v) is 2.59. The fraction of sp³-hybridized carbons (Fsp3) is 0.263. The number of carbonyl (C=O) groups is 1. The van der Waals surface area contributed by atoms with Gasteiger partial charge >= 0.3 is 0 Å². The van der Waals surface area contributed by atoms with Crippen molar-refractivity contribution in [2.24, 2.45) is 5.10 Å². The summed E-state index contributed by atoms with van der Waals surface area (Å²) in [5.41, 5.74) is 6.47. The number of carbonyl (C=O) groups excluding carboxylic acids is 1. The molecule has 0 atom stereocenters. The zero-order valence-corrected chi connectivity index (χ0v) is 13.8. The highest BCUT2D eigenvalue weighted by atomic mass is 16.5. The molecule has 2 aromatic carbocycles. The van der Waals surface area contributed by atoms with E-state index in [1.165, 1.54) is 0 Å². The average Bonchev–Trinajstić information content (AvgIpc) is 2.59. The second-order valence-corrected chi connectivity index (χ2v) is 5.75. The van der Waals surface area contributed by atoms with Crippen molar-refractivity contribution in [1.29, 1.82) is 0 Å². The Kier molecular flexibility index (Phi) is 4.79. The Labute approximate surface area is 141 Å². The Bertz CT molecular complexity index is 784. The van der Waals surface area contributed by atoms with Crippen LogP contribution in [-0.2, 0) is 4.79 Å². The van der Waals surface area contributed by atoms with E-state index < -0.39 is 0 Å². The summed E-state index contributed by atoms with van der Waals surface area (Å²) in [4.78, 5) is 11.9. The van der Waals surface area contributed by atoms with Crippen molar-refractivity contribution in [3.8, 4) is 11.5 Å². The van der Waals surface area contributed by atoms with E-state index in [1.54, 1.807) is 0 Å². The Morgan fingerprint density at radius 2 is 2.08 bits per heavy atom. The Balaban J connectivity index is 1.62. The van der Waals surface area contributed by atoms with Gasteiger partial charge in [0.15, 0.2) is 6.61 Å². The maximum atomic E-state index is 11.9. The number of fused-ring (bicyclic) bond motifs is 1. The van der Waals surface area contributed by atoms with Crippen LogP contribution >= 0.6 is 0 Å². The third-order valence-electron chi connectivity index (χ3n) is 3.78. The average molecular weight is 324 g/mol. The molecule has 0 aliphatic carbocycles. The molecule has 5 heteroatoms. The standard InChI is InChI=1S/C19H20N2O3/c1-13-5-3-7-15(11-13)24-12-18(22)21-20-17-9-10-23-19-14(2)6-4-8-16(17)19/h3-8,11H,9-10,12H2,1-2H3,(H,21,22)/b20-17-. The summed E-state index contributed by atoms with van der Waals surface area (Å²) >= 11 is 0. The van der Waals surface area contributed by atoms with E-state index in [4.69, 9.17) is 9.47 Å². The number of amides is 1. The summed E-state index contributed by atoms with van der Waals surface area (Å²) < 4.78 is 11.2. The van der Waals surface area contributed by atoms with Crippen molar-refractivity contribution in [1.82, 2.24) is 5.43 Å². The summed E-state index contributed by atoms with van der Waals surface area (Å²) in [7, 11) is 0. The van der Waals surface area contributed by atoms with Crippen LogP contribution in [0.4, 0.5) is 0 Å². The number of aryl methyl sites for hydroxylation is 2. The Morgan fingerprint density at radius 3 is 2.92 bits per heavy atom. The fourth-order valence-electron chi connectivity index (χ4n) is 2.59. The highest BCUT2D eigenvalue weighted by molar-refractivity contribution is 6.04. The summed E-state index contributed by atoms with van der Waals surface area (Å²) in [6, 6.07) is 13.5. The number of rotatable bonds is 4. The molecular formula is C19H20N2O3. The molecule has 0 saturated heterocycles. The van der Waals surface area contributed by atoms with Gasteiger partial charge in [-0.25, -0.2) is 5.43 Å². The lowest BCUT2D eigenvalue weighted by Gasteiger charge is -2.20. The van der Waals surface area contributed by atoms with Crippen LogP contribution in [-0.4, -0.2) is 24.8 Å². The first-order valence-corrected chi connectivity index (χ1v) is 7.91. The lowest BCUT2D eigenvalue weighted by Crippen LogP contribution is -2.27. The molecule has 124 valence electrons. The van der Waals surface area contributed by atoms with Gasteiger partial charge in [0.1, 0.15) is 11.5 Å². The molecule has 1 aliphatic heterocycles. The highest BCUT2D eigenvalue weighted by Gasteiger charge is 2.18. The van der Waals surface area contributed by atoms with E-state index in [9.17, 15) is 4.79 Å². The van der Waals surface area contributed by atoms with E-state index in [2.05, 4.69) is 10.5 Å². The SMILES string of the molecule is Cc1cccc(OCC(=O)N/N=C2/CCOc3c(C)cccc32)c1. The van der Waals surface area contributed by atoms with Gasteiger partial charge in [0.2, 0.25) is 0 Å². The predicted molar refractivity (Wildman–Crippen MR) is 92.6 cm³/mol. The van der Waals surface area contributed by atoms with E-state index >= 15 is 0 Å². The molecule has 1 heterocycles. The number of hydrazone groups is 1.